The van der Waals surface area contributed by atoms with Gasteiger partial charge in [0.25, 0.3) is 0 Å². The molecule has 0 aliphatic rings. The lowest BCUT2D eigenvalue weighted by Gasteiger charge is -2.14. The first-order chi connectivity index (χ1) is 6.67. The molecule has 80 valence electrons. The summed E-state index contributed by atoms with van der Waals surface area (Å²) in [5.41, 5.74) is 1.12. The van der Waals surface area contributed by atoms with Gasteiger partial charge in [0.2, 0.25) is 0 Å². The van der Waals surface area contributed by atoms with Crippen LogP contribution in [-0.2, 0) is 4.74 Å². The Bertz CT molecular complexity index is 266. The maximum Gasteiger partial charge on any atom is 0.183 e. The largest absolute Gasteiger partial charge is 0.383 e. The molecule has 1 atom stereocenters. The van der Waals surface area contributed by atoms with Gasteiger partial charge in [0.1, 0.15) is 0 Å². The van der Waals surface area contributed by atoms with Crippen molar-refractivity contribution in [1.82, 2.24) is 4.98 Å². The molecule has 1 unspecified atom stereocenters. The predicted molar refractivity (Wildman–Crippen MR) is 61.2 cm³/mol. The van der Waals surface area contributed by atoms with E-state index in [0.717, 1.165) is 23.9 Å². The molecular weight excluding hydrogens is 196 g/mol. The highest BCUT2D eigenvalue weighted by atomic mass is 32.1. The molecule has 0 aromatic carbocycles. The van der Waals surface area contributed by atoms with Gasteiger partial charge >= 0.3 is 0 Å². The van der Waals surface area contributed by atoms with Crippen molar-refractivity contribution < 1.29 is 4.74 Å². The number of nitrogens with one attached hydrogen (secondary N) is 1. The van der Waals surface area contributed by atoms with E-state index in [4.69, 9.17) is 4.74 Å². The standard InChI is InChI=1S/C10H18N2OS/c1-5-9(6-13-4)12-10-11-7(2)8(3)14-10/h9H,5-6H2,1-4H3,(H,11,12). The minimum absolute atomic E-state index is 0.366. The van der Waals surface area contributed by atoms with E-state index >= 15 is 0 Å². The smallest absolute Gasteiger partial charge is 0.183 e. The molecule has 0 spiro atoms. The molecule has 14 heavy (non-hydrogen) atoms. The van der Waals surface area contributed by atoms with Gasteiger partial charge in [0.05, 0.1) is 18.3 Å². The van der Waals surface area contributed by atoms with Crippen molar-refractivity contribution in [2.24, 2.45) is 0 Å². The zero-order valence-corrected chi connectivity index (χ0v) is 10.1. The van der Waals surface area contributed by atoms with Gasteiger partial charge in [-0.3, -0.25) is 0 Å². The summed E-state index contributed by atoms with van der Waals surface area (Å²) in [6, 6.07) is 0.366. The molecule has 1 heterocycles. The molecule has 0 radical (unpaired) electrons. The van der Waals surface area contributed by atoms with Crippen molar-refractivity contribution >= 4 is 16.5 Å². The maximum atomic E-state index is 5.12. The van der Waals surface area contributed by atoms with E-state index in [-0.39, 0.29) is 0 Å². The summed E-state index contributed by atoms with van der Waals surface area (Å²) in [6.07, 6.45) is 1.05. The summed E-state index contributed by atoms with van der Waals surface area (Å²) < 4.78 is 5.12. The van der Waals surface area contributed by atoms with Gasteiger partial charge in [-0.05, 0) is 20.3 Å². The lowest BCUT2D eigenvalue weighted by atomic mass is 10.2. The Labute approximate surface area is 89.5 Å². The fraction of sp³-hybridized carbons (Fsp3) is 0.700. The third kappa shape index (κ3) is 2.96. The van der Waals surface area contributed by atoms with Crippen LogP contribution in [0.2, 0.25) is 0 Å². The number of thiazole rings is 1. The minimum atomic E-state index is 0.366. The second-order valence-electron chi connectivity index (χ2n) is 3.37. The van der Waals surface area contributed by atoms with E-state index in [1.165, 1.54) is 4.88 Å². The number of methoxy groups -OCH3 is 1. The van der Waals surface area contributed by atoms with Crippen molar-refractivity contribution in [2.45, 2.75) is 33.2 Å². The quantitative estimate of drug-likeness (QED) is 0.818. The molecule has 0 saturated carbocycles. The Hall–Kier alpha value is -0.610. The van der Waals surface area contributed by atoms with Crippen molar-refractivity contribution in [3.8, 4) is 0 Å². The van der Waals surface area contributed by atoms with Gasteiger partial charge < -0.3 is 10.1 Å². The SMILES string of the molecule is CCC(COC)Nc1nc(C)c(C)s1. The third-order valence-corrected chi connectivity index (χ3v) is 3.22. The van der Waals surface area contributed by atoms with E-state index < -0.39 is 0 Å². The molecular formula is C10H18N2OS. The average Bonchev–Trinajstić information content (AvgIpc) is 2.45. The van der Waals surface area contributed by atoms with E-state index in [2.05, 4.69) is 24.1 Å². The zero-order valence-electron chi connectivity index (χ0n) is 9.26. The van der Waals surface area contributed by atoms with Crippen LogP contribution in [0.15, 0.2) is 0 Å². The molecule has 4 heteroatoms. The van der Waals surface area contributed by atoms with E-state index in [1.54, 1.807) is 18.4 Å². The fourth-order valence-electron chi connectivity index (χ4n) is 1.17. The van der Waals surface area contributed by atoms with Gasteiger partial charge in [-0.25, -0.2) is 4.98 Å². The van der Waals surface area contributed by atoms with Gasteiger partial charge in [-0.2, -0.15) is 0 Å². The summed E-state index contributed by atoms with van der Waals surface area (Å²) in [7, 11) is 1.72. The van der Waals surface area contributed by atoms with Crippen molar-refractivity contribution in [2.75, 3.05) is 19.0 Å². The van der Waals surface area contributed by atoms with E-state index in [1.807, 2.05) is 6.92 Å². The number of hydrogen-bond acceptors (Lipinski definition) is 4. The lowest BCUT2D eigenvalue weighted by Crippen LogP contribution is -2.23. The monoisotopic (exact) mass is 214 g/mol. The molecule has 1 aromatic heterocycles. The number of hydrogen-bond donors (Lipinski definition) is 1. The van der Waals surface area contributed by atoms with Gasteiger partial charge in [0, 0.05) is 12.0 Å². The summed E-state index contributed by atoms with van der Waals surface area (Å²) in [4.78, 5) is 5.71. The van der Waals surface area contributed by atoms with Gasteiger partial charge in [-0.15, -0.1) is 11.3 Å². The summed E-state index contributed by atoms with van der Waals surface area (Å²) >= 11 is 1.71. The van der Waals surface area contributed by atoms with E-state index in [9.17, 15) is 0 Å². The normalized spacial score (nSPS) is 12.9. The van der Waals surface area contributed by atoms with Crippen LogP contribution >= 0.6 is 11.3 Å². The number of aromatic nitrogens is 1. The molecule has 3 nitrogen and oxygen atoms in total. The van der Waals surface area contributed by atoms with Crippen LogP contribution in [0, 0.1) is 13.8 Å². The Morgan fingerprint density at radius 2 is 2.21 bits per heavy atom. The number of ether oxygens (including phenoxy) is 1. The maximum absolute atomic E-state index is 5.12. The summed E-state index contributed by atoms with van der Waals surface area (Å²) in [6.45, 7) is 7.00. The first-order valence-corrected chi connectivity index (χ1v) is 5.68. The molecule has 0 bridgehead atoms. The molecule has 0 saturated heterocycles. The van der Waals surface area contributed by atoms with Crippen LogP contribution in [0.5, 0.6) is 0 Å². The highest BCUT2D eigenvalue weighted by molar-refractivity contribution is 7.15. The average molecular weight is 214 g/mol. The molecule has 1 aromatic rings. The van der Waals surface area contributed by atoms with Crippen LogP contribution in [0.25, 0.3) is 0 Å². The van der Waals surface area contributed by atoms with Crippen LogP contribution in [0.4, 0.5) is 5.13 Å². The topological polar surface area (TPSA) is 34.1 Å². The van der Waals surface area contributed by atoms with Crippen molar-refractivity contribution in [3.05, 3.63) is 10.6 Å². The minimum Gasteiger partial charge on any atom is -0.383 e. The number of anilines is 1. The highest BCUT2D eigenvalue weighted by Gasteiger charge is 2.09. The predicted octanol–water partition coefficient (Wildman–Crippen LogP) is 2.60. The van der Waals surface area contributed by atoms with Gasteiger partial charge in [0.15, 0.2) is 5.13 Å². The molecule has 0 aliphatic carbocycles. The lowest BCUT2D eigenvalue weighted by molar-refractivity contribution is 0.184. The number of aryl methyl sites for hydroxylation is 2. The first-order valence-electron chi connectivity index (χ1n) is 4.86. The molecule has 0 aliphatic heterocycles. The zero-order chi connectivity index (χ0) is 10.6. The second kappa shape index (κ2) is 5.32. The van der Waals surface area contributed by atoms with Crippen molar-refractivity contribution in [3.63, 3.8) is 0 Å². The van der Waals surface area contributed by atoms with Crippen LogP contribution in [-0.4, -0.2) is 24.7 Å². The Morgan fingerprint density at radius 3 is 2.64 bits per heavy atom. The van der Waals surface area contributed by atoms with Crippen LogP contribution in [0.3, 0.4) is 0 Å². The molecule has 0 amide bonds. The molecule has 1 rings (SSSR count). The Kier molecular flexibility index (Phi) is 4.35. The molecule has 0 fully saturated rings. The number of rotatable bonds is 5. The van der Waals surface area contributed by atoms with E-state index in [0.29, 0.717) is 6.04 Å². The third-order valence-electron chi connectivity index (χ3n) is 2.22. The Balaban J connectivity index is 2.57. The second-order valence-corrected chi connectivity index (χ2v) is 4.57. The van der Waals surface area contributed by atoms with Gasteiger partial charge in [-0.1, -0.05) is 6.92 Å². The summed E-state index contributed by atoms with van der Waals surface area (Å²) in [5.74, 6) is 0. The van der Waals surface area contributed by atoms with Crippen LogP contribution < -0.4 is 5.32 Å². The Morgan fingerprint density at radius 1 is 1.50 bits per heavy atom. The highest BCUT2D eigenvalue weighted by Crippen LogP contribution is 2.22. The fourth-order valence-corrected chi connectivity index (χ4v) is 2.06. The van der Waals surface area contributed by atoms with Crippen LogP contribution in [0.1, 0.15) is 23.9 Å². The summed E-state index contributed by atoms with van der Waals surface area (Å²) in [5, 5.41) is 4.38. The van der Waals surface area contributed by atoms with Crippen molar-refractivity contribution in [1.29, 1.82) is 0 Å². The first kappa shape index (κ1) is 11.5. The number of nitrogens with zero attached hydrogens (tertiary/aromatic N) is 1. The molecule has 1 N–H and O–H groups in total.